The lowest BCUT2D eigenvalue weighted by atomic mass is 10.3. The first kappa shape index (κ1) is 11.4. The van der Waals surface area contributed by atoms with E-state index in [0.29, 0.717) is 0 Å². The van der Waals surface area contributed by atoms with Crippen LogP contribution in [0.5, 0.6) is 0 Å². The van der Waals surface area contributed by atoms with Crippen LogP contribution >= 0.6 is 11.6 Å². The van der Waals surface area contributed by atoms with Crippen molar-refractivity contribution in [2.75, 3.05) is 12.0 Å². The molecule has 80 valence electrons. The smallest absolute Gasteiger partial charge is 0.289 e. The van der Waals surface area contributed by atoms with Crippen molar-refractivity contribution in [3.8, 4) is 0 Å². The minimum Gasteiger partial charge on any atom is -0.324 e. The lowest BCUT2D eigenvalue weighted by Crippen LogP contribution is -2.13. The molecule has 0 saturated carbocycles. The number of nitro benzene ring substituents is 1. The first-order valence-corrected chi connectivity index (χ1v) is 4.22. The van der Waals surface area contributed by atoms with E-state index in [1.807, 2.05) is 0 Å². The largest absolute Gasteiger partial charge is 0.324 e. The Labute approximate surface area is 89.0 Å². The third-order valence-electron chi connectivity index (χ3n) is 1.55. The maximum atomic E-state index is 11.8. The number of halogens is 2. The number of hydrogen-bond acceptors (Lipinski definition) is 3. The predicted octanol–water partition coefficient (Wildman–Crippen LogP) is 2.16. The quantitative estimate of drug-likeness (QED) is 0.641. The summed E-state index contributed by atoms with van der Waals surface area (Å²) in [5.74, 6) is -0.869. The van der Waals surface area contributed by atoms with Crippen LogP contribution in [-0.4, -0.2) is 17.5 Å². The molecule has 0 bridgehead atoms. The van der Waals surface area contributed by atoms with Gasteiger partial charge in [-0.1, -0.05) is 11.6 Å². The highest BCUT2D eigenvalue weighted by molar-refractivity contribution is 6.32. The van der Waals surface area contributed by atoms with Crippen molar-refractivity contribution >= 4 is 28.9 Å². The third-order valence-corrected chi connectivity index (χ3v) is 1.87. The fourth-order valence-electron chi connectivity index (χ4n) is 0.925. The number of alkyl halides is 1. The Morgan fingerprint density at radius 3 is 2.80 bits per heavy atom. The fourth-order valence-corrected chi connectivity index (χ4v) is 1.11. The SMILES string of the molecule is O=C(CF)Nc1ccc(Cl)c([N+](=O)[O-])c1. The molecule has 7 heteroatoms. The van der Waals surface area contributed by atoms with Crippen molar-refractivity contribution < 1.29 is 14.1 Å². The Morgan fingerprint density at radius 2 is 2.27 bits per heavy atom. The van der Waals surface area contributed by atoms with E-state index in [0.717, 1.165) is 6.07 Å². The molecule has 0 heterocycles. The number of nitrogens with one attached hydrogen (secondary N) is 1. The van der Waals surface area contributed by atoms with Gasteiger partial charge >= 0.3 is 0 Å². The van der Waals surface area contributed by atoms with E-state index in [1.54, 1.807) is 0 Å². The van der Waals surface area contributed by atoms with E-state index in [4.69, 9.17) is 11.6 Å². The number of amides is 1. The zero-order valence-electron chi connectivity index (χ0n) is 7.37. The molecule has 15 heavy (non-hydrogen) atoms. The molecule has 0 aliphatic rings. The van der Waals surface area contributed by atoms with Crippen LogP contribution < -0.4 is 5.32 Å². The highest BCUT2D eigenvalue weighted by Crippen LogP contribution is 2.27. The van der Waals surface area contributed by atoms with Crippen LogP contribution in [-0.2, 0) is 4.79 Å². The number of rotatable bonds is 3. The maximum absolute atomic E-state index is 11.8. The van der Waals surface area contributed by atoms with Crippen LogP contribution in [0.2, 0.25) is 5.02 Å². The number of carbonyl (C=O) groups excluding carboxylic acids is 1. The molecule has 0 aromatic heterocycles. The highest BCUT2D eigenvalue weighted by atomic mass is 35.5. The molecule has 0 aliphatic heterocycles. The summed E-state index contributed by atoms with van der Waals surface area (Å²) in [6.45, 7) is -1.18. The lowest BCUT2D eigenvalue weighted by Gasteiger charge is -2.02. The minimum absolute atomic E-state index is 0.0433. The Kier molecular flexibility index (Phi) is 3.56. The van der Waals surface area contributed by atoms with Crippen LogP contribution in [0.15, 0.2) is 18.2 Å². The number of benzene rings is 1. The van der Waals surface area contributed by atoms with Gasteiger partial charge in [0.15, 0.2) is 6.67 Å². The molecule has 1 N–H and O–H groups in total. The molecule has 0 spiro atoms. The molecule has 0 atom stereocenters. The van der Waals surface area contributed by atoms with Gasteiger partial charge in [-0.3, -0.25) is 14.9 Å². The Hall–Kier alpha value is -1.69. The van der Waals surface area contributed by atoms with Crippen molar-refractivity contribution in [1.82, 2.24) is 0 Å². The Morgan fingerprint density at radius 1 is 1.60 bits per heavy atom. The summed E-state index contributed by atoms with van der Waals surface area (Å²) in [5.41, 5.74) is -0.206. The van der Waals surface area contributed by atoms with Crippen LogP contribution in [0, 0.1) is 10.1 Å². The number of anilines is 1. The number of nitrogens with zero attached hydrogens (tertiary/aromatic N) is 1. The van der Waals surface area contributed by atoms with Gasteiger partial charge in [0, 0.05) is 11.8 Å². The summed E-state index contributed by atoms with van der Waals surface area (Å²) < 4.78 is 11.8. The summed E-state index contributed by atoms with van der Waals surface area (Å²) in [6.07, 6.45) is 0. The minimum atomic E-state index is -1.18. The van der Waals surface area contributed by atoms with Gasteiger partial charge in [-0.05, 0) is 12.1 Å². The van der Waals surface area contributed by atoms with E-state index < -0.39 is 17.5 Å². The summed E-state index contributed by atoms with van der Waals surface area (Å²) in [5, 5.41) is 12.6. The second-order valence-corrected chi connectivity index (χ2v) is 3.01. The van der Waals surface area contributed by atoms with Gasteiger partial charge in [0.1, 0.15) is 5.02 Å². The number of carbonyl (C=O) groups is 1. The van der Waals surface area contributed by atoms with Crippen LogP contribution in [0.1, 0.15) is 0 Å². The zero-order valence-corrected chi connectivity index (χ0v) is 8.12. The van der Waals surface area contributed by atoms with Crippen molar-refractivity contribution in [2.45, 2.75) is 0 Å². The molecule has 1 aromatic carbocycles. The average molecular weight is 233 g/mol. The molecule has 1 aromatic rings. The van der Waals surface area contributed by atoms with Gasteiger partial charge in [-0.25, -0.2) is 4.39 Å². The van der Waals surface area contributed by atoms with E-state index in [1.165, 1.54) is 12.1 Å². The van der Waals surface area contributed by atoms with E-state index >= 15 is 0 Å². The summed E-state index contributed by atoms with van der Waals surface area (Å²) in [7, 11) is 0. The highest BCUT2D eigenvalue weighted by Gasteiger charge is 2.13. The second-order valence-electron chi connectivity index (χ2n) is 2.61. The number of hydrogen-bond donors (Lipinski definition) is 1. The van der Waals surface area contributed by atoms with Gasteiger partial charge in [-0.2, -0.15) is 0 Å². The molecule has 0 saturated heterocycles. The van der Waals surface area contributed by atoms with E-state index in [2.05, 4.69) is 5.32 Å². The van der Waals surface area contributed by atoms with Crippen molar-refractivity contribution in [3.63, 3.8) is 0 Å². The average Bonchev–Trinajstić information content (AvgIpc) is 2.20. The third kappa shape index (κ3) is 2.88. The van der Waals surface area contributed by atoms with Gasteiger partial charge < -0.3 is 5.32 Å². The van der Waals surface area contributed by atoms with Crippen LogP contribution in [0.4, 0.5) is 15.8 Å². The standard InChI is InChI=1S/C8H6ClFN2O3/c9-6-2-1-5(11-8(13)4-10)3-7(6)12(14)15/h1-3H,4H2,(H,11,13). The summed E-state index contributed by atoms with van der Waals surface area (Å²) >= 11 is 5.53. The molecule has 1 amide bonds. The maximum Gasteiger partial charge on any atom is 0.289 e. The van der Waals surface area contributed by atoms with Crippen molar-refractivity contribution in [3.05, 3.63) is 33.3 Å². The number of nitro groups is 1. The second kappa shape index (κ2) is 4.70. The predicted molar refractivity (Wildman–Crippen MR) is 52.7 cm³/mol. The topological polar surface area (TPSA) is 72.2 Å². The molecule has 1 rings (SSSR count). The van der Waals surface area contributed by atoms with Gasteiger partial charge in [0.25, 0.3) is 11.6 Å². The molecule has 0 unspecified atom stereocenters. The first-order valence-electron chi connectivity index (χ1n) is 3.84. The molecule has 0 aliphatic carbocycles. The molecule has 5 nitrogen and oxygen atoms in total. The first-order chi connectivity index (χ1) is 7.04. The molecular formula is C8H6ClFN2O3. The monoisotopic (exact) mass is 232 g/mol. The van der Waals surface area contributed by atoms with Crippen molar-refractivity contribution in [1.29, 1.82) is 0 Å². The van der Waals surface area contributed by atoms with Crippen LogP contribution in [0.25, 0.3) is 0 Å². The molecular weight excluding hydrogens is 227 g/mol. The van der Waals surface area contributed by atoms with Crippen molar-refractivity contribution in [2.24, 2.45) is 0 Å². The van der Waals surface area contributed by atoms with E-state index in [-0.39, 0.29) is 16.4 Å². The summed E-state index contributed by atoms with van der Waals surface area (Å²) in [6, 6.07) is 3.67. The molecule has 0 radical (unpaired) electrons. The fraction of sp³-hybridized carbons (Fsp3) is 0.125. The van der Waals surface area contributed by atoms with Gasteiger partial charge in [0.2, 0.25) is 0 Å². The van der Waals surface area contributed by atoms with Crippen LogP contribution in [0.3, 0.4) is 0 Å². The van der Waals surface area contributed by atoms with E-state index in [9.17, 15) is 19.3 Å². The lowest BCUT2D eigenvalue weighted by molar-refractivity contribution is -0.384. The zero-order chi connectivity index (χ0) is 11.4. The van der Waals surface area contributed by atoms with Gasteiger partial charge in [-0.15, -0.1) is 0 Å². The van der Waals surface area contributed by atoms with Gasteiger partial charge in [0.05, 0.1) is 4.92 Å². The normalized spacial score (nSPS) is 9.73. The molecule has 0 fully saturated rings. The Bertz CT molecular complexity index is 411. The Balaban J connectivity index is 2.97. The summed E-state index contributed by atoms with van der Waals surface area (Å²) in [4.78, 5) is 20.4.